The first-order valence-corrected chi connectivity index (χ1v) is 11.9. The number of fused-ring (bicyclic) bond motifs is 4. The minimum absolute atomic E-state index is 0.135. The molecule has 6 rings (SSSR count). The summed E-state index contributed by atoms with van der Waals surface area (Å²) >= 11 is 0. The smallest absolute Gasteiger partial charge is 0.0114 e. The molecule has 3 aromatic carbocycles. The Kier molecular flexibility index (Phi) is 4.40. The molecule has 0 bridgehead atoms. The second kappa shape index (κ2) is 7.20. The SMILES string of the molecule is CC1=CCC2C3=CCC(c4ccc(-c5ccc6ccccc6c5)cc4)C=C3C(C)(C)C2=C1. The minimum Gasteiger partial charge on any atom is -0.0807 e. The maximum atomic E-state index is 2.58. The molecule has 2 unspecified atom stereocenters. The van der Waals surface area contributed by atoms with Gasteiger partial charge in [-0.15, -0.1) is 0 Å². The van der Waals surface area contributed by atoms with E-state index in [-0.39, 0.29) is 5.41 Å². The molecule has 0 heteroatoms. The molecule has 3 aliphatic rings. The lowest BCUT2D eigenvalue weighted by atomic mass is 9.77. The van der Waals surface area contributed by atoms with Crippen molar-refractivity contribution < 1.29 is 0 Å². The van der Waals surface area contributed by atoms with Crippen molar-refractivity contribution in [1.82, 2.24) is 0 Å². The first-order valence-electron chi connectivity index (χ1n) is 11.9. The van der Waals surface area contributed by atoms with Crippen molar-refractivity contribution in [3.05, 3.63) is 119 Å². The van der Waals surface area contributed by atoms with Gasteiger partial charge in [0.05, 0.1) is 0 Å². The predicted octanol–water partition coefficient (Wildman–Crippen LogP) is 8.78. The summed E-state index contributed by atoms with van der Waals surface area (Å²) < 4.78 is 0. The Morgan fingerprint density at radius 2 is 1.53 bits per heavy atom. The normalized spacial score (nSPS) is 23.6. The van der Waals surface area contributed by atoms with Crippen molar-refractivity contribution in [2.75, 3.05) is 0 Å². The number of benzene rings is 3. The quantitative estimate of drug-likeness (QED) is 0.393. The summed E-state index contributed by atoms with van der Waals surface area (Å²) in [7, 11) is 0. The van der Waals surface area contributed by atoms with Gasteiger partial charge in [-0.25, -0.2) is 0 Å². The van der Waals surface area contributed by atoms with Crippen molar-refractivity contribution in [2.24, 2.45) is 11.3 Å². The van der Waals surface area contributed by atoms with E-state index in [1.807, 2.05) is 0 Å². The average molecular weight is 415 g/mol. The largest absolute Gasteiger partial charge is 0.0807 e. The summed E-state index contributed by atoms with van der Waals surface area (Å²) in [4.78, 5) is 0. The Balaban J connectivity index is 1.30. The van der Waals surface area contributed by atoms with Gasteiger partial charge < -0.3 is 0 Å². The maximum absolute atomic E-state index is 2.58. The lowest BCUT2D eigenvalue weighted by Gasteiger charge is -2.27. The molecule has 0 nitrogen and oxygen atoms in total. The highest BCUT2D eigenvalue weighted by Gasteiger charge is 2.45. The summed E-state index contributed by atoms with van der Waals surface area (Å²) in [6.07, 6.45) is 12.2. The van der Waals surface area contributed by atoms with Crippen molar-refractivity contribution in [3.63, 3.8) is 0 Å². The molecule has 1 saturated carbocycles. The van der Waals surface area contributed by atoms with Gasteiger partial charge in [0.25, 0.3) is 0 Å². The second-order valence-corrected chi connectivity index (χ2v) is 10.2. The van der Waals surface area contributed by atoms with Crippen LogP contribution < -0.4 is 0 Å². The highest BCUT2D eigenvalue weighted by Crippen LogP contribution is 2.58. The summed E-state index contributed by atoms with van der Waals surface area (Å²) in [5.74, 6) is 1.06. The van der Waals surface area contributed by atoms with E-state index in [0.29, 0.717) is 11.8 Å². The molecule has 0 saturated heterocycles. The molecule has 0 amide bonds. The third-order valence-electron chi connectivity index (χ3n) is 7.90. The lowest BCUT2D eigenvalue weighted by molar-refractivity contribution is 0.539. The van der Waals surface area contributed by atoms with Crippen molar-refractivity contribution in [1.29, 1.82) is 0 Å². The zero-order chi connectivity index (χ0) is 21.9. The van der Waals surface area contributed by atoms with Crippen LogP contribution in [0.5, 0.6) is 0 Å². The molecule has 1 fully saturated rings. The van der Waals surface area contributed by atoms with Gasteiger partial charge >= 0.3 is 0 Å². The molecule has 0 aromatic heterocycles. The molecule has 0 aliphatic heterocycles. The summed E-state index contributed by atoms with van der Waals surface area (Å²) in [5, 5.41) is 2.59. The highest BCUT2D eigenvalue weighted by molar-refractivity contribution is 5.87. The van der Waals surface area contributed by atoms with Gasteiger partial charge in [0, 0.05) is 17.3 Å². The molecule has 3 aromatic rings. The van der Waals surface area contributed by atoms with Gasteiger partial charge in [-0.3, -0.25) is 0 Å². The van der Waals surface area contributed by atoms with Crippen molar-refractivity contribution in [3.8, 4) is 11.1 Å². The van der Waals surface area contributed by atoms with Crippen molar-refractivity contribution >= 4 is 10.8 Å². The van der Waals surface area contributed by atoms with Crippen LogP contribution in [0.1, 0.15) is 45.1 Å². The molecular weight excluding hydrogens is 384 g/mol. The first kappa shape index (κ1) is 19.6. The third kappa shape index (κ3) is 3.05. The molecule has 0 heterocycles. The number of allylic oxidation sites excluding steroid dienone is 8. The van der Waals surface area contributed by atoms with Gasteiger partial charge in [0.15, 0.2) is 0 Å². The van der Waals surface area contributed by atoms with Gasteiger partial charge in [0.1, 0.15) is 0 Å². The van der Waals surface area contributed by atoms with Gasteiger partial charge in [-0.1, -0.05) is 110 Å². The molecular formula is C32H30. The number of rotatable bonds is 2. The lowest BCUT2D eigenvalue weighted by Crippen LogP contribution is -2.15. The third-order valence-corrected chi connectivity index (χ3v) is 7.90. The van der Waals surface area contributed by atoms with Gasteiger partial charge in [-0.2, -0.15) is 0 Å². The van der Waals surface area contributed by atoms with E-state index in [4.69, 9.17) is 0 Å². The fourth-order valence-electron chi connectivity index (χ4n) is 6.05. The molecule has 3 aliphatic carbocycles. The molecule has 0 N–H and O–H groups in total. The predicted molar refractivity (Wildman–Crippen MR) is 137 cm³/mol. The monoisotopic (exact) mass is 414 g/mol. The van der Waals surface area contributed by atoms with Gasteiger partial charge in [-0.05, 0) is 64.4 Å². The van der Waals surface area contributed by atoms with E-state index in [0.717, 1.165) is 12.8 Å². The highest BCUT2D eigenvalue weighted by atomic mass is 14.5. The topological polar surface area (TPSA) is 0 Å². The second-order valence-electron chi connectivity index (χ2n) is 10.2. The fraction of sp³-hybridized carbons (Fsp3) is 0.250. The molecule has 32 heavy (non-hydrogen) atoms. The van der Waals surface area contributed by atoms with E-state index in [1.54, 1.807) is 16.7 Å². The Hall–Kier alpha value is -3.12. The maximum Gasteiger partial charge on any atom is 0.0114 e. The minimum atomic E-state index is 0.135. The van der Waals surface area contributed by atoms with E-state index in [9.17, 15) is 0 Å². The van der Waals surface area contributed by atoms with Crippen LogP contribution in [0.25, 0.3) is 21.9 Å². The first-order chi connectivity index (χ1) is 15.5. The molecule has 0 spiro atoms. The Morgan fingerprint density at radius 3 is 2.34 bits per heavy atom. The molecule has 158 valence electrons. The summed E-state index contributed by atoms with van der Waals surface area (Å²) in [5.41, 5.74) is 10.3. The van der Waals surface area contributed by atoms with Crippen LogP contribution in [0, 0.1) is 11.3 Å². The Morgan fingerprint density at radius 1 is 0.781 bits per heavy atom. The Bertz CT molecular complexity index is 1340. The Labute approximate surface area is 191 Å². The van der Waals surface area contributed by atoms with Crippen LogP contribution in [-0.2, 0) is 0 Å². The van der Waals surface area contributed by atoms with Crippen LogP contribution in [0.2, 0.25) is 0 Å². The number of hydrogen-bond acceptors (Lipinski definition) is 0. The van der Waals surface area contributed by atoms with Crippen LogP contribution in [-0.4, -0.2) is 0 Å². The van der Waals surface area contributed by atoms with E-state index in [1.165, 1.54) is 33.0 Å². The van der Waals surface area contributed by atoms with Crippen LogP contribution >= 0.6 is 0 Å². The van der Waals surface area contributed by atoms with E-state index >= 15 is 0 Å². The molecule has 2 atom stereocenters. The van der Waals surface area contributed by atoms with Gasteiger partial charge in [0.2, 0.25) is 0 Å². The standard InChI is InChI=1S/C32H30/c1-21-8-16-28-29-17-15-27(20-31(29)32(2,3)30(28)18-21)24-11-9-23(10-12-24)26-14-13-22-6-4-5-7-25(22)19-26/h4-14,17-20,27-28H,15-16H2,1-3H3. The number of hydrogen-bond donors (Lipinski definition) is 0. The zero-order valence-electron chi connectivity index (χ0n) is 19.2. The molecule has 0 radical (unpaired) electrons. The summed E-state index contributed by atoms with van der Waals surface area (Å²) in [6, 6.07) is 24.6. The van der Waals surface area contributed by atoms with E-state index in [2.05, 4.69) is 112 Å². The zero-order valence-corrected chi connectivity index (χ0v) is 19.2. The van der Waals surface area contributed by atoms with Crippen LogP contribution in [0.3, 0.4) is 0 Å². The van der Waals surface area contributed by atoms with Crippen molar-refractivity contribution in [2.45, 2.75) is 39.5 Å². The van der Waals surface area contributed by atoms with Crippen LogP contribution in [0.4, 0.5) is 0 Å². The van der Waals surface area contributed by atoms with Crippen LogP contribution in [0.15, 0.2) is 113 Å². The fourth-order valence-corrected chi connectivity index (χ4v) is 6.05. The summed E-state index contributed by atoms with van der Waals surface area (Å²) in [6.45, 7) is 7.08. The average Bonchev–Trinajstić information content (AvgIpc) is 3.05. The van der Waals surface area contributed by atoms with E-state index < -0.39 is 0 Å².